The molecule has 0 saturated heterocycles. The number of hydrogen-bond acceptors (Lipinski definition) is 3. The van der Waals surface area contributed by atoms with Gasteiger partial charge < -0.3 is 15.1 Å². The van der Waals surface area contributed by atoms with E-state index >= 15 is 0 Å². The molecule has 0 unspecified atom stereocenters. The van der Waals surface area contributed by atoms with Gasteiger partial charge in [0.1, 0.15) is 0 Å². The molecular weight excluding hydrogens is 350 g/mol. The third kappa shape index (κ3) is 6.50. The highest BCUT2D eigenvalue weighted by atomic mass is 16.2. The Morgan fingerprint density at radius 2 is 1.54 bits per heavy atom. The lowest BCUT2D eigenvalue weighted by Crippen LogP contribution is -2.36. The van der Waals surface area contributed by atoms with Crippen molar-refractivity contribution in [2.45, 2.75) is 32.9 Å². The van der Waals surface area contributed by atoms with Gasteiger partial charge in [-0.05, 0) is 70.7 Å². The number of hydrogen-bond donors (Lipinski definition) is 1. The lowest BCUT2D eigenvalue weighted by molar-refractivity contribution is 0.0690. The molecule has 0 aliphatic carbocycles. The van der Waals surface area contributed by atoms with Gasteiger partial charge in [0.25, 0.3) is 11.8 Å². The molecule has 2 amide bonds. The molecule has 2 rings (SSSR count). The third-order valence-corrected chi connectivity index (χ3v) is 4.54. The highest BCUT2D eigenvalue weighted by molar-refractivity contribution is 5.97. The summed E-state index contributed by atoms with van der Waals surface area (Å²) in [6, 6.07) is 16.9. The zero-order chi connectivity index (χ0) is 20.5. The SMILES string of the molecule is CC(C)N(Cc1ccccc1)C(=O)c1ccc(C(=O)NCCCN(C)C)cc1. The zero-order valence-electron chi connectivity index (χ0n) is 17.3. The van der Waals surface area contributed by atoms with Crippen LogP contribution in [-0.4, -0.2) is 54.8 Å². The summed E-state index contributed by atoms with van der Waals surface area (Å²) in [5, 5.41) is 2.92. The Hall–Kier alpha value is -2.66. The molecule has 0 spiro atoms. The van der Waals surface area contributed by atoms with Gasteiger partial charge in [-0.2, -0.15) is 0 Å². The van der Waals surface area contributed by atoms with Crippen LogP contribution in [-0.2, 0) is 6.54 Å². The fourth-order valence-corrected chi connectivity index (χ4v) is 2.90. The smallest absolute Gasteiger partial charge is 0.254 e. The van der Waals surface area contributed by atoms with Crippen LogP contribution in [0, 0.1) is 0 Å². The van der Waals surface area contributed by atoms with Gasteiger partial charge in [0.2, 0.25) is 0 Å². The molecule has 1 N–H and O–H groups in total. The first-order valence-corrected chi connectivity index (χ1v) is 9.76. The van der Waals surface area contributed by atoms with Crippen molar-refractivity contribution < 1.29 is 9.59 Å². The highest BCUT2D eigenvalue weighted by Gasteiger charge is 2.19. The van der Waals surface area contributed by atoms with E-state index < -0.39 is 0 Å². The summed E-state index contributed by atoms with van der Waals surface area (Å²) in [6.07, 6.45) is 0.901. The van der Waals surface area contributed by atoms with E-state index in [-0.39, 0.29) is 17.9 Å². The number of carbonyl (C=O) groups excluding carboxylic acids is 2. The maximum Gasteiger partial charge on any atom is 0.254 e. The van der Waals surface area contributed by atoms with Gasteiger partial charge in [-0.25, -0.2) is 0 Å². The normalized spacial score (nSPS) is 10.9. The van der Waals surface area contributed by atoms with Crippen LogP contribution in [0.1, 0.15) is 46.5 Å². The number of benzene rings is 2. The Balaban J connectivity index is 2.00. The summed E-state index contributed by atoms with van der Waals surface area (Å²) in [4.78, 5) is 29.1. The molecule has 0 heterocycles. The minimum atomic E-state index is -0.109. The number of amides is 2. The van der Waals surface area contributed by atoms with Crippen molar-refractivity contribution in [2.75, 3.05) is 27.2 Å². The molecule has 0 aliphatic heterocycles. The topological polar surface area (TPSA) is 52.7 Å². The number of nitrogens with one attached hydrogen (secondary N) is 1. The molecule has 5 heteroatoms. The Bertz CT molecular complexity index is 755. The van der Waals surface area contributed by atoms with Crippen LogP contribution in [0.25, 0.3) is 0 Å². The second-order valence-corrected chi connectivity index (χ2v) is 7.50. The molecule has 0 aliphatic rings. The lowest BCUT2D eigenvalue weighted by Gasteiger charge is -2.27. The third-order valence-electron chi connectivity index (χ3n) is 4.54. The van der Waals surface area contributed by atoms with Gasteiger partial charge in [-0.15, -0.1) is 0 Å². The Morgan fingerprint density at radius 1 is 0.929 bits per heavy atom. The summed E-state index contributed by atoms with van der Waals surface area (Å²) in [5.41, 5.74) is 2.26. The molecule has 0 radical (unpaired) electrons. The molecule has 0 fully saturated rings. The summed E-state index contributed by atoms with van der Waals surface area (Å²) >= 11 is 0. The van der Waals surface area contributed by atoms with Crippen LogP contribution in [0.3, 0.4) is 0 Å². The van der Waals surface area contributed by atoms with Crippen molar-refractivity contribution in [1.82, 2.24) is 15.1 Å². The van der Waals surface area contributed by atoms with E-state index in [1.807, 2.05) is 63.2 Å². The van der Waals surface area contributed by atoms with Crippen LogP contribution >= 0.6 is 0 Å². The summed E-state index contributed by atoms with van der Waals surface area (Å²) in [7, 11) is 4.02. The number of nitrogens with zero attached hydrogens (tertiary/aromatic N) is 2. The van der Waals surface area contributed by atoms with Crippen molar-refractivity contribution >= 4 is 11.8 Å². The summed E-state index contributed by atoms with van der Waals surface area (Å²) in [5.74, 6) is -0.139. The van der Waals surface area contributed by atoms with E-state index in [0.29, 0.717) is 24.2 Å². The fraction of sp³-hybridized carbons (Fsp3) is 0.391. The van der Waals surface area contributed by atoms with Crippen LogP contribution in [0.5, 0.6) is 0 Å². The molecule has 2 aromatic carbocycles. The summed E-state index contributed by atoms with van der Waals surface area (Å²) in [6.45, 7) is 6.15. The van der Waals surface area contributed by atoms with E-state index in [4.69, 9.17) is 0 Å². The second kappa shape index (κ2) is 10.6. The van der Waals surface area contributed by atoms with E-state index in [9.17, 15) is 9.59 Å². The van der Waals surface area contributed by atoms with E-state index in [0.717, 1.165) is 18.5 Å². The molecule has 28 heavy (non-hydrogen) atoms. The highest BCUT2D eigenvalue weighted by Crippen LogP contribution is 2.14. The molecule has 0 atom stereocenters. The monoisotopic (exact) mass is 381 g/mol. The minimum absolute atomic E-state index is 0.0307. The van der Waals surface area contributed by atoms with Gasteiger partial charge in [0.15, 0.2) is 0 Å². The molecule has 0 saturated carbocycles. The molecular formula is C23H31N3O2. The quantitative estimate of drug-likeness (QED) is 0.677. The molecule has 0 aromatic heterocycles. The predicted octanol–water partition coefficient (Wildman–Crippen LogP) is 3.42. The van der Waals surface area contributed by atoms with Crippen molar-refractivity contribution in [3.63, 3.8) is 0 Å². The Morgan fingerprint density at radius 3 is 2.11 bits per heavy atom. The summed E-state index contributed by atoms with van der Waals surface area (Å²) < 4.78 is 0. The van der Waals surface area contributed by atoms with Crippen molar-refractivity contribution in [3.05, 3.63) is 71.3 Å². The van der Waals surface area contributed by atoms with Crippen molar-refractivity contribution in [3.8, 4) is 0 Å². The number of rotatable bonds is 9. The first-order chi connectivity index (χ1) is 13.4. The zero-order valence-corrected chi connectivity index (χ0v) is 17.3. The number of carbonyl (C=O) groups is 2. The van der Waals surface area contributed by atoms with Gasteiger partial charge in [0.05, 0.1) is 0 Å². The molecule has 0 bridgehead atoms. The van der Waals surface area contributed by atoms with Crippen LogP contribution in [0.15, 0.2) is 54.6 Å². The van der Waals surface area contributed by atoms with Crippen molar-refractivity contribution in [1.29, 1.82) is 0 Å². The van der Waals surface area contributed by atoms with Gasteiger partial charge in [0, 0.05) is 30.3 Å². The second-order valence-electron chi connectivity index (χ2n) is 7.50. The van der Waals surface area contributed by atoms with Gasteiger partial charge >= 0.3 is 0 Å². The lowest BCUT2D eigenvalue weighted by atomic mass is 10.1. The average Bonchev–Trinajstić information content (AvgIpc) is 2.69. The molecule has 5 nitrogen and oxygen atoms in total. The fourth-order valence-electron chi connectivity index (χ4n) is 2.90. The van der Waals surface area contributed by atoms with Gasteiger partial charge in [-0.1, -0.05) is 30.3 Å². The molecule has 150 valence electrons. The predicted molar refractivity (Wildman–Crippen MR) is 113 cm³/mol. The average molecular weight is 382 g/mol. The van der Waals surface area contributed by atoms with Crippen molar-refractivity contribution in [2.24, 2.45) is 0 Å². The first-order valence-electron chi connectivity index (χ1n) is 9.76. The Labute approximate surface area is 168 Å². The first kappa shape index (κ1) is 21.6. The van der Waals surface area contributed by atoms with Crippen LogP contribution in [0.4, 0.5) is 0 Å². The van der Waals surface area contributed by atoms with Crippen LogP contribution < -0.4 is 5.32 Å². The molecule has 2 aromatic rings. The maximum atomic E-state index is 13.0. The van der Waals surface area contributed by atoms with E-state index in [1.54, 1.807) is 24.3 Å². The Kier molecular flexibility index (Phi) is 8.20. The van der Waals surface area contributed by atoms with Crippen LogP contribution in [0.2, 0.25) is 0 Å². The minimum Gasteiger partial charge on any atom is -0.352 e. The van der Waals surface area contributed by atoms with Gasteiger partial charge in [-0.3, -0.25) is 9.59 Å². The maximum absolute atomic E-state index is 13.0. The van der Waals surface area contributed by atoms with E-state index in [2.05, 4.69) is 10.2 Å². The van der Waals surface area contributed by atoms with E-state index in [1.165, 1.54) is 0 Å². The standard InChI is InChI=1S/C23H31N3O2/c1-18(2)26(17-19-9-6-5-7-10-19)23(28)21-13-11-20(12-14-21)22(27)24-15-8-16-25(3)4/h5-7,9-14,18H,8,15-17H2,1-4H3,(H,24,27). The largest absolute Gasteiger partial charge is 0.352 e.